The Kier molecular flexibility index (Phi) is 24.1. The van der Waals surface area contributed by atoms with E-state index in [0.717, 1.165) is 78.0 Å². The number of piperidine rings is 1. The second-order valence-corrected chi connectivity index (χ2v) is 36.2. The Morgan fingerprint density at radius 3 is 0.946 bits per heavy atom. The van der Waals surface area contributed by atoms with Crippen LogP contribution in [0.4, 0.5) is 34.5 Å². The molecule has 26 nitrogen and oxygen atoms in total. The SMILES string of the molecule is CC(C)S(=O)(=O)c1ccc(-c2cnc(N)c(-c3cc(-c4ccc(NCC5CCCC5)cc4)no3)n2)cc1.CC(C)S(=O)(=O)c1ccc(-c2cnc(N)c(-c3cc(-c4ccc(NCC5CCCCN5)cc4)no3)n2)cc1.CC(C)S(=O)(=O)c1ccc(-c2cnc(N)c(-c3cc(-c4ccc(NCC5CCN5)cc4)no3)n2)cc1. The number of aromatic nitrogens is 9. The molecule has 2 aliphatic heterocycles. The van der Waals surface area contributed by atoms with E-state index >= 15 is 0 Å². The average molecular weight is 1550 g/mol. The minimum absolute atomic E-state index is 0.213. The van der Waals surface area contributed by atoms with Crippen LogP contribution in [0.5, 0.6) is 0 Å². The summed E-state index contributed by atoms with van der Waals surface area (Å²) in [7, 11) is -10.1. The standard InChI is InChI=1S/C28H32N6O3S.C28H31N5O3S.C26H28N6O3S/c1-18(2)38(35,36)23-12-8-20(9-13-23)25-17-32-28(29)27(33-25)26-15-24(34-37-26)19-6-10-21(11-7-19)31-16-22-5-3-4-14-30-22;1-18(2)37(34,35)23-13-9-21(10-14-23)25-17-31-28(29)27(32-25)26-15-24(33-36-26)20-7-11-22(12-8-20)30-16-19-5-3-4-6-19;1-16(2)36(33,34)21-9-5-18(6-10-21)23-15-30-26(27)25(31-23)24-13-22(32-35-24)17-3-7-19(8-4-17)29-14-20-11-12-28-20/h6-13,15,17-18,22,30-31H,3-5,14,16H2,1-2H3,(H2,29,32);7-15,17-19,30H,3-6,16H2,1-2H3,(H2,29,31);3-10,13,15-16,20,28-29H,11-12,14H2,1-2H3,(H2,27,30). The summed E-state index contributed by atoms with van der Waals surface area (Å²) < 4.78 is 91.2. The second-order valence-electron chi connectivity index (χ2n) is 28.7. The van der Waals surface area contributed by atoms with Crippen molar-refractivity contribution in [2.45, 2.75) is 135 Å². The van der Waals surface area contributed by atoms with E-state index in [0.29, 0.717) is 91.7 Å². The number of nitrogens with two attached hydrogens (primary N) is 3. The molecule has 29 heteroatoms. The van der Waals surface area contributed by atoms with Gasteiger partial charge in [0, 0.05) is 100 Å². The first-order valence-electron chi connectivity index (χ1n) is 37.2. The van der Waals surface area contributed by atoms with Crippen molar-refractivity contribution in [3.8, 4) is 102 Å². The maximum absolute atomic E-state index is 12.4. The third-order valence-corrected chi connectivity index (χ3v) is 26.5. The largest absolute Gasteiger partial charge is 0.385 e. The van der Waals surface area contributed by atoms with Crippen LogP contribution in [0, 0.1) is 5.92 Å². The normalized spacial score (nSPS) is 15.3. The van der Waals surface area contributed by atoms with Gasteiger partial charge in [-0.25, -0.2) is 55.2 Å². The molecule has 8 heterocycles. The summed E-state index contributed by atoms with van der Waals surface area (Å²) in [5.74, 6) is 2.62. The highest BCUT2D eigenvalue weighted by atomic mass is 32.2. The molecule has 0 bridgehead atoms. The van der Waals surface area contributed by atoms with Gasteiger partial charge in [0.2, 0.25) is 0 Å². The Morgan fingerprint density at radius 2 is 0.658 bits per heavy atom. The lowest BCUT2D eigenvalue weighted by atomic mass is 10.0. The molecule has 12 aromatic rings. The van der Waals surface area contributed by atoms with Crippen LogP contribution in [-0.4, -0.2) is 131 Å². The Balaban J connectivity index is 0.000000146. The summed E-state index contributed by atoms with van der Waals surface area (Å²) in [6.07, 6.45) is 14.9. The van der Waals surface area contributed by atoms with Crippen molar-refractivity contribution in [3.63, 3.8) is 0 Å². The van der Waals surface area contributed by atoms with Gasteiger partial charge < -0.3 is 57.4 Å². The predicted octanol–water partition coefficient (Wildman–Crippen LogP) is 14.6. The fraction of sp³-hybridized carbons (Fsp3) is 0.305. The smallest absolute Gasteiger partial charge is 0.189 e. The molecule has 11 N–H and O–H groups in total. The van der Waals surface area contributed by atoms with Gasteiger partial charge in [0.25, 0.3) is 0 Å². The fourth-order valence-corrected chi connectivity index (χ4v) is 16.0. The summed E-state index contributed by atoms with van der Waals surface area (Å²) >= 11 is 0. The molecule has 2 atom stereocenters. The molecule has 2 saturated heterocycles. The molecule has 0 spiro atoms. The fourth-order valence-electron chi connectivity index (χ4n) is 12.8. The molecule has 6 aromatic carbocycles. The summed E-state index contributed by atoms with van der Waals surface area (Å²) in [6, 6.07) is 50.4. The maximum Gasteiger partial charge on any atom is 0.189 e. The number of nitrogen functional groups attached to an aromatic ring is 3. The van der Waals surface area contributed by atoms with Crippen molar-refractivity contribution in [1.29, 1.82) is 0 Å². The van der Waals surface area contributed by atoms with Gasteiger partial charge in [-0.15, -0.1) is 0 Å². The van der Waals surface area contributed by atoms with Gasteiger partial charge in [-0.3, -0.25) is 0 Å². The van der Waals surface area contributed by atoms with Crippen molar-refractivity contribution < 1.29 is 38.8 Å². The monoisotopic (exact) mass is 1550 g/mol. The minimum Gasteiger partial charge on any atom is -0.385 e. The van der Waals surface area contributed by atoms with Gasteiger partial charge in [-0.05, 0) is 165 Å². The third-order valence-electron chi connectivity index (χ3n) is 20.0. The molecule has 111 heavy (non-hydrogen) atoms. The molecule has 3 fully saturated rings. The molecule has 576 valence electrons. The summed E-state index contributed by atoms with van der Waals surface area (Å²) in [4.78, 5) is 27.6. The van der Waals surface area contributed by atoms with Gasteiger partial charge in [0.15, 0.2) is 81.3 Å². The van der Waals surface area contributed by atoms with E-state index in [-0.39, 0.29) is 32.1 Å². The Hall–Kier alpha value is -11.2. The van der Waals surface area contributed by atoms with E-state index in [9.17, 15) is 25.3 Å². The zero-order chi connectivity index (χ0) is 78.0. The first kappa shape index (κ1) is 77.9. The van der Waals surface area contributed by atoms with E-state index in [2.05, 4.69) is 84.1 Å². The topological polar surface area (TPSA) is 396 Å². The highest BCUT2D eigenvalue weighted by Crippen LogP contribution is 2.36. The van der Waals surface area contributed by atoms with Crippen molar-refractivity contribution in [1.82, 2.24) is 56.0 Å². The molecule has 3 aliphatic rings. The van der Waals surface area contributed by atoms with Crippen LogP contribution in [0.3, 0.4) is 0 Å². The van der Waals surface area contributed by atoms with Crippen molar-refractivity contribution >= 4 is 64.0 Å². The molecule has 0 amide bonds. The quantitative estimate of drug-likeness (QED) is 0.0278. The highest BCUT2D eigenvalue weighted by Gasteiger charge is 2.26. The van der Waals surface area contributed by atoms with Gasteiger partial charge in [0.05, 0.1) is 66.1 Å². The predicted molar refractivity (Wildman–Crippen MR) is 435 cm³/mol. The van der Waals surface area contributed by atoms with E-state index in [1.807, 2.05) is 60.7 Å². The molecule has 6 aromatic heterocycles. The zero-order valence-corrected chi connectivity index (χ0v) is 65.1. The first-order valence-corrected chi connectivity index (χ1v) is 41.9. The van der Waals surface area contributed by atoms with Crippen LogP contribution >= 0.6 is 0 Å². The number of hydrogen-bond donors (Lipinski definition) is 8. The molecule has 0 radical (unpaired) electrons. The van der Waals surface area contributed by atoms with Crippen molar-refractivity contribution in [2.75, 3.05) is 65.9 Å². The van der Waals surface area contributed by atoms with E-state index < -0.39 is 45.3 Å². The van der Waals surface area contributed by atoms with Crippen LogP contribution in [0.1, 0.15) is 92.9 Å². The Bertz CT molecular complexity index is 5510. The number of nitrogens with zero attached hydrogens (tertiary/aromatic N) is 9. The molecule has 15 rings (SSSR count). The summed E-state index contributed by atoms with van der Waals surface area (Å²) in [5.41, 5.74) is 31.2. The maximum atomic E-state index is 12.4. The molecular formula is C82H91N17O9S3. The first-order chi connectivity index (χ1) is 53.4. The third kappa shape index (κ3) is 18.6. The van der Waals surface area contributed by atoms with Crippen LogP contribution in [0.25, 0.3) is 102 Å². The number of anilines is 6. The number of rotatable bonds is 24. The van der Waals surface area contributed by atoms with Crippen LogP contribution in [-0.2, 0) is 29.5 Å². The van der Waals surface area contributed by atoms with E-state index in [4.69, 9.17) is 30.8 Å². The molecule has 1 saturated carbocycles. The molecule has 1 aliphatic carbocycles. The van der Waals surface area contributed by atoms with Gasteiger partial charge >= 0.3 is 0 Å². The lowest BCUT2D eigenvalue weighted by Gasteiger charge is -2.28. The van der Waals surface area contributed by atoms with Gasteiger partial charge in [-0.2, -0.15) is 0 Å². The van der Waals surface area contributed by atoms with Crippen molar-refractivity contribution in [2.24, 2.45) is 5.92 Å². The highest BCUT2D eigenvalue weighted by molar-refractivity contribution is 7.92. The number of hydrogen-bond acceptors (Lipinski definition) is 26. The molecule has 2 unspecified atom stereocenters. The van der Waals surface area contributed by atoms with E-state index in [1.165, 1.54) is 51.4 Å². The van der Waals surface area contributed by atoms with Gasteiger partial charge in [-0.1, -0.05) is 108 Å². The van der Waals surface area contributed by atoms with Crippen LogP contribution in [0.15, 0.2) is 211 Å². The molecular weight excluding hydrogens is 1460 g/mol. The van der Waals surface area contributed by atoms with Crippen molar-refractivity contribution in [3.05, 3.63) is 182 Å². The lowest BCUT2D eigenvalue weighted by molar-refractivity contribution is 0.387. The summed E-state index contributed by atoms with van der Waals surface area (Å²) in [6.45, 7) is 15.0. The van der Waals surface area contributed by atoms with Crippen LogP contribution in [0.2, 0.25) is 0 Å². The van der Waals surface area contributed by atoms with Gasteiger partial charge in [0.1, 0.15) is 17.1 Å². The number of benzene rings is 6. The van der Waals surface area contributed by atoms with E-state index in [1.54, 1.807) is 151 Å². The number of sulfone groups is 3. The zero-order valence-electron chi connectivity index (χ0n) is 62.6. The minimum atomic E-state index is -3.35. The summed E-state index contributed by atoms with van der Waals surface area (Å²) in [5, 5.41) is 28.5. The second kappa shape index (κ2) is 34.4. The van der Waals surface area contributed by atoms with Crippen LogP contribution < -0.4 is 43.8 Å². The Labute approximate surface area is 646 Å². The average Bonchev–Trinajstić information content (AvgIpc) is 1.77. The Morgan fingerprint density at radius 1 is 0.369 bits per heavy atom. The number of nitrogens with one attached hydrogen (secondary N) is 5. The lowest BCUT2D eigenvalue weighted by Crippen LogP contribution is -2.47.